The predicted molar refractivity (Wildman–Crippen MR) is 95.2 cm³/mol. The molecule has 5 heteroatoms. The van der Waals surface area contributed by atoms with Crippen molar-refractivity contribution in [3.63, 3.8) is 0 Å². The normalized spacial score (nSPS) is 10.4. The first-order chi connectivity index (χ1) is 11.0. The zero-order valence-electron chi connectivity index (χ0n) is 13.1. The summed E-state index contributed by atoms with van der Waals surface area (Å²) in [7, 11) is 0. The van der Waals surface area contributed by atoms with Crippen LogP contribution in [0.15, 0.2) is 40.9 Å². The lowest BCUT2D eigenvalue weighted by molar-refractivity contribution is -0.134. The monoisotopic (exact) mass is 396 g/mol. The highest BCUT2D eigenvalue weighted by Gasteiger charge is 2.13. The van der Waals surface area contributed by atoms with E-state index in [0.29, 0.717) is 22.8 Å². The van der Waals surface area contributed by atoms with E-state index >= 15 is 0 Å². The molecule has 0 atom stereocenters. The highest BCUT2D eigenvalue weighted by molar-refractivity contribution is 9.10. The highest BCUT2D eigenvalue weighted by Crippen LogP contribution is 2.31. The van der Waals surface area contributed by atoms with Crippen LogP contribution in [-0.2, 0) is 17.8 Å². The van der Waals surface area contributed by atoms with E-state index in [1.807, 2.05) is 18.2 Å². The van der Waals surface area contributed by atoms with Crippen LogP contribution in [-0.4, -0.2) is 5.97 Å². The van der Waals surface area contributed by atoms with Gasteiger partial charge in [-0.3, -0.25) is 4.79 Å². The second-order valence-corrected chi connectivity index (χ2v) is 6.21. The Labute approximate surface area is 149 Å². The number of ether oxygens (including phenoxy) is 2. The van der Waals surface area contributed by atoms with Crippen molar-refractivity contribution in [2.24, 2.45) is 0 Å². The molecule has 0 bridgehead atoms. The number of halogens is 2. The van der Waals surface area contributed by atoms with E-state index in [0.717, 1.165) is 16.6 Å². The second-order valence-electron chi connectivity index (χ2n) is 4.95. The van der Waals surface area contributed by atoms with Gasteiger partial charge in [-0.05, 0) is 52.2 Å². The van der Waals surface area contributed by atoms with Gasteiger partial charge in [0.25, 0.3) is 0 Å². The third-order valence-electron chi connectivity index (χ3n) is 3.36. The molecule has 0 saturated carbocycles. The Balaban J connectivity index is 2.18. The maximum absolute atomic E-state index is 11.5. The Kier molecular flexibility index (Phi) is 6.48. The van der Waals surface area contributed by atoms with E-state index in [2.05, 4.69) is 22.9 Å². The molecule has 0 fully saturated rings. The van der Waals surface area contributed by atoms with Crippen LogP contribution in [0.5, 0.6) is 11.5 Å². The van der Waals surface area contributed by atoms with Gasteiger partial charge in [-0.25, -0.2) is 0 Å². The molecule has 2 rings (SSSR count). The zero-order chi connectivity index (χ0) is 16.8. The first-order valence-corrected chi connectivity index (χ1v) is 8.61. The largest absolute Gasteiger partial charge is 0.488 e. The lowest BCUT2D eigenvalue weighted by atomic mass is 10.2. The van der Waals surface area contributed by atoms with E-state index in [9.17, 15) is 4.79 Å². The Morgan fingerprint density at radius 2 is 1.96 bits per heavy atom. The van der Waals surface area contributed by atoms with Crippen molar-refractivity contribution in [2.45, 2.75) is 33.3 Å². The van der Waals surface area contributed by atoms with Crippen molar-refractivity contribution in [3.8, 4) is 11.5 Å². The summed E-state index contributed by atoms with van der Waals surface area (Å²) in [6, 6.07) is 11.2. The second kappa shape index (κ2) is 8.37. The van der Waals surface area contributed by atoms with Crippen LogP contribution in [0.25, 0.3) is 0 Å². The van der Waals surface area contributed by atoms with Gasteiger partial charge >= 0.3 is 5.97 Å². The molecule has 0 aliphatic heterocycles. The van der Waals surface area contributed by atoms with Crippen LogP contribution in [0, 0.1) is 0 Å². The Morgan fingerprint density at radius 1 is 1.17 bits per heavy atom. The Morgan fingerprint density at radius 3 is 2.61 bits per heavy atom. The molecule has 0 aliphatic rings. The van der Waals surface area contributed by atoms with Gasteiger partial charge in [0, 0.05) is 6.42 Å². The summed E-state index contributed by atoms with van der Waals surface area (Å²) in [4.78, 5) is 11.5. The molecule has 0 spiro atoms. The maximum atomic E-state index is 11.5. The smallest absolute Gasteiger partial charge is 0.310 e. The number of benzene rings is 2. The van der Waals surface area contributed by atoms with Gasteiger partial charge in [-0.15, -0.1) is 0 Å². The number of rotatable bonds is 6. The molecule has 0 aliphatic carbocycles. The molecule has 23 heavy (non-hydrogen) atoms. The summed E-state index contributed by atoms with van der Waals surface area (Å²) in [5, 5.41) is 0.507. The minimum absolute atomic E-state index is 0.218. The lowest BCUT2D eigenvalue weighted by Crippen LogP contribution is -2.09. The maximum Gasteiger partial charge on any atom is 0.310 e. The van der Waals surface area contributed by atoms with Crippen molar-refractivity contribution >= 4 is 33.5 Å². The molecule has 0 aromatic heterocycles. The average molecular weight is 398 g/mol. The van der Waals surface area contributed by atoms with Gasteiger partial charge in [0.1, 0.15) is 18.1 Å². The average Bonchev–Trinajstić information content (AvgIpc) is 2.55. The highest BCUT2D eigenvalue weighted by atomic mass is 79.9. The van der Waals surface area contributed by atoms with E-state index in [1.54, 1.807) is 25.1 Å². The van der Waals surface area contributed by atoms with Crippen LogP contribution in [0.3, 0.4) is 0 Å². The standard InChI is InChI=1S/C18H18BrClO3/c1-3-12-8-9-17(14(19)10-12)22-11-13-15(20)6-5-7-16(13)23-18(21)4-2/h5-10H,3-4,11H2,1-2H3. The molecule has 122 valence electrons. The summed E-state index contributed by atoms with van der Waals surface area (Å²) >= 11 is 9.73. The fraction of sp³-hybridized carbons (Fsp3) is 0.278. The van der Waals surface area contributed by atoms with Crippen LogP contribution >= 0.6 is 27.5 Å². The lowest BCUT2D eigenvalue weighted by Gasteiger charge is -2.14. The fourth-order valence-corrected chi connectivity index (χ4v) is 2.76. The minimum atomic E-state index is -0.304. The summed E-state index contributed by atoms with van der Waals surface area (Å²) in [6.07, 6.45) is 1.26. The number of hydrogen-bond donors (Lipinski definition) is 0. The van der Waals surface area contributed by atoms with Crippen LogP contribution in [0.4, 0.5) is 0 Å². The zero-order valence-corrected chi connectivity index (χ0v) is 15.4. The summed E-state index contributed by atoms with van der Waals surface area (Å²) < 4.78 is 12.0. The number of aryl methyl sites for hydroxylation is 1. The number of esters is 1. The molecule has 0 N–H and O–H groups in total. The fourth-order valence-electron chi connectivity index (χ4n) is 2.00. The van der Waals surface area contributed by atoms with Crippen molar-refractivity contribution in [1.82, 2.24) is 0 Å². The molecule has 0 amide bonds. The van der Waals surface area contributed by atoms with Crippen molar-refractivity contribution < 1.29 is 14.3 Å². The molecular formula is C18H18BrClO3. The van der Waals surface area contributed by atoms with E-state index in [1.165, 1.54) is 5.56 Å². The topological polar surface area (TPSA) is 35.5 Å². The molecular weight excluding hydrogens is 380 g/mol. The molecule has 0 unspecified atom stereocenters. The van der Waals surface area contributed by atoms with Crippen LogP contribution in [0.1, 0.15) is 31.4 Å². The van der Waals surface area contributed by atoms with Gasteiger partial charge in [-0.1, -0.05) is 37.6 Å². The number of carbonyl (C=O) groups is 1. The van der Waals surface area contributed by atoms with Crippen molar-refractivity contribution in [2.75, 3.05) is 0 Å². The quantitative estimate of drug-likeness (QED) is 0.473. The Bertz CT molecular complexity index is 701. The molecule has 2 aromatic rings. The van der Waals surface area contributed by atoms with Crippen LogP contribution in [0.2, 0.25) is 5.02 Å². The minimum Gasteiger partial charge on any atom is -0.488 e. The number of hydrogen-bond acceptors (Lipinski definition) is 3. The third-order valence-corrected chi connectivity index (χ3v) is 4.34. The van der Waals surface area contributed by atoms with E-state index in [4.69, 9.17) is 21.1 Å². The van der Waals surface area contributed by atoms with Gasteiger partial charge in [0.2, 0.25) is 0 Å². The molecule has 0 radical (unpaired) electrons. The van der Waals surface area contributed by atoms with Crippen molar-refractivity contribution in [3.05, 3.63) is 57.0 Å². The van der Waals surface area contributed by atoms with Crippen LogP contribution < -0.4 is 9.47 Å². The summed E-state index contributed by atoms with van der Waals surface area (Å²) in [5.41, 5.74) is 1.88. The van der Waals surface area contributed by atoms with Gasteiger partial charge in [-0.2, -0.15) is 0 Å². The van der Waals surface area contributed by atoms with E-state index < -0.39 is 0 Å². The van der Waals surface area contributed by atoms with Gasteiger partial charge in [0.05, 0.1) is 15.1 Å². The predicted octanol–water partition coefficient (Wildman–Crippen LogP) is 5.56. The SMILES string of the molecule is CCC(=O)Oc1cccc(Cl)c1COc1ccc(CC)cc1Br. The molecule has 3 nitrogen and oxygen atoms in total. The van der Waals surface area contributed by atoms with Crippen molar-refractivity contribution in [1.29, 1.82) is 0 Å². The van der Waals surface area contributed by atoms with Gasteiger partial charge < -0.3 is 9.47 Å². The summed E-state index contributed by atoms with van der Waals surface area (Å²) in [5.74, 6) is 0.850. The molecule has 0 heterocycles. The first kappa shape index (κ1) is 17.8. The number of carbonyl (C=O) groups excluding carboxylic acids is 1. The van der Waals surface area contributed by atoms with E-state index in [-0.39, 0.29) is 12.6 Å². The summed E-state index contributed by atoms with van der Waals surface area (Å²) in [6.45, 7) is 4.06. The Hall–Kier alpha value is -1.52. The van der Waals surface area contributed by atoms with Gasteiger partial charge in [0.15, 0.2) is 0 Å². The third kappa shape index (κ3) is 4.72. The molecule has 0 saturated heterocycles. The first-order valence-electron chi connectivity index (χ1n) is 7.44. The molecule has 2 aromatic carbocycles.